The highest BCUT2D eigenvalue weighted by atomic mass is 32.2. The molecule has 0 saturated heterocycles. The van der Waals surface area contributed by atoms with Gasteiger partial charge in [0.2, 0.25) is 5.95 Å². The number of benzene rings is 4. The highest BCUT2D eigenvalue weighted by Gasteiger charge is 2.44. The van der Waals surface area contributed by atoms with Crippen molar-refractivity contribution >= 4 is 54.3 Å². The number of para-hydroxylation sites is 1. The molecule has 1 aliphatic carbocycles. The normalized spacial score (nSPS) is 16.7. The molecule has 5 heterocycles. The number of nitrogens with zero attached hydrogens (tertiary/aromatic N) is 4. The van der Waals surface area contributed by atoms with Crippen molar-refractivity contribution in [3.63, 3.8) is 0 Å². The quantitative estimate of drug-likeness (QED) is 0.202. The van der Waals surface area contributed by atoms with Gasteiger partial charge in [0.1, 0.15) is 0 Å². The minimum absolute atomic E-state index is 0.179. The third kappa shape index (κ3) is 3.25. The molecule has 0 spiro atoms. The molecule has 202 valence electrons. The van der Waals surface area contributed by atoms with Crippen LogP contribution in [0, 0.1) is 0 Å². The topological polar surface area (TPSA) is 43.6 Å². The fourth-order valence-corrected chi connectivity index (χ4v) is 9.81. The minimum atomic E-state index is 0.179. The van der Waals surface area contributed by atoms with Crippen LogP contribution < -0.4 is 0 Å². The average Bonchev–Trinajstić information content (AvgIpc) is 3.75. The summed E-state index contributed by atoms with van der Waals surface area (Å²) in [7, 11) is 0. The summed E-state index contributed by atoms with van der Waals surface area (Å²) in [6, 6.07) is 39.3. The van der Waals surface area contributed by atoms with Crippen molar-refractivity contribution in [2.45, 2.75) is 16.1 Å². The summed E-state index contributed by atoms with van der Waals surface area (Å²) in [5.74, 6) is 0.888. The minimum Gasteiger partial charge on any atom is -0.281 e. The molecule has 4 aromatic heterocycles. The van der Waals surface area contributed by atoms with E-state index in [9.17, 15) is 0 Å². The molecule has 43 heavy (non-hydrogen) atoms. The highest BCUT2D eigenvalue weighted by Crippen LogP contribution is 2.63. The molecular formula is C37H22N4S2. The largest absolute Gasteiger partial charge is 0.281 e. The zero-order valence-electron chi connectivity index (χ0n) is 22.8. The first kappa shape index (κ1) is 23.7. The summed E-state index contributed by atoms with van der Waals surface area (Å²) in [6.45, 7) is 0. The molecule has 0 amide bonds. The van der Waals surface area contributed by atoms with E-state index < -0.39 is 0 Å². The van der Waals surface area contributed by atoms with Gasteiger partial charge < -0.3 is 0 Å². The van der Waals surface area contributed by atoms with Crippen molar-refractivity contribution in [2.24, 2.45) is 0 Å². The van der Waals surface area contributed by atoms with Gasteiger partial charge >= 0.3 is 0 Å². The monoisotopic (exact) mass is 586 g/mol. The molecule has 0 N–H and O–H groups in total. The van der Waals surface area contributed by atoms with Crippen LogP contribution in [0.15, 0.2) is 126 Å². The molecule has 2 atom stereocenters. The first-order valence-electron chi connectivity index (χ1n) is 14.4. The van der Waals surface area contributed by atoms with Crippen LogP contribution in [0.4, 0.5) is 0 Å². The number of rotatable bonds is 2. The zero-order chi connectivity index (χ0) is 28.1. The predicted molar refractivity (Wildman–Crippen MR) is 177 cm³/mol. The lowest BCUT2D eigenvalue weighted by Crippen LogP contribution is -2.17. The van der Waals surface area contributed by atoms with Gasteiger partial charge in [-0.1, -0.05) is 78.9 Å². The van der Waals surface area contributed by atoms with Crippen LogP contribution in [0.1, 0.15) is 28.0 Å². The van der Waals surface area contributed by atoms with Crippen molar-refractivity contribution in [3.05, 3.63) is 138 Å². The van der Waals surface area contributed by atoms with Gasteiger partial charge in [0.25, 0.3) is 0 Å². The third-order valence-corrected chi connectivity index (χ3v) is 11.5. The molecule has 8 aromatic rings. The van der Waals surface area contributed by atoms with Crippen LogP contribution in [0.2, 0.25) is 0 Å². The number of hydrogen-bond donors (Lipinski definition) is 0. The molecule has 6 heteroatoms. The van der Waals surface area contributed by atoms with Crippen LogP contribution in [0.3, 0.4) is 0 Å². The Balaban J connectivity index is 1.37. The summed E-state index contributed by atoms with van der Waals surface area (Å²) in [4.78, 5) is 16.6. The molecule has 4 aromatic carbocycles. The Morgan fingerprint density at radius 3 is 2.40 bits per heavy atom. The van der Waals surface area contributed by atoms with Crippen molar-refractivity contribution in [2.75, 3.05) is 0 Å². The maximum Gasteiger partial charge on any atom is 0.235 e. The molecule has 1 aliphatic heterocycles. The van der Waals surface area contributed by atoms with Gasteiger partial charge in [0.15, 0.2) is 0 Å². The Labute approximate surface area is 255 Å². The Hall–Kier alpha value is -4.78. The van der Waals surface area contributed by atoms with Crippen LogP contribution in [-0.2, 0) is 0 Å². The number of thioether (sulfide) groups is 1. The Bertz CT molecular complexity index is 2410. The highest BCUT2D eigenvalue weighted by molar-refractivity contribution is 8.00. The lowest BCUT2D eigenvalue weighted by molar-refractivity contribution is 0.729. The first-order chi connectivity index (χ1) is 21.3. The number of hydrogen-bond acceptors (Lipinski definition) is 5. The second-order valence-electron chi connectivity index (χ2n) is 11.1. The van der Waals surface area contributed by atoms with Crippen LogP contribution in [-0.4, -0.2) is 19.5 Å². The molecule has 4 nitrogen and oxygen atoms in total. The third-order valence-electron chi connectivity index (χ3n) is 8.90. The Kier molecular flexibility index (Phi) is 4.90. The van der Waals surface area contributed by atoms with E-state index in [1.54, 1.807) is 11.3 Å². The predicted octanol–water partition coefficient (Wildman–Crippen LogP) is 9.81. The number of pyridine rings is 1. The van der Waals surface area contributed by atoms with Crippen molar-refractivity contribution in [3.8, 4) is 28.3 Å². The summed E-state index contributed by atoms with van der Waals surface area (Å²) in [6.07, 6.45) is 3.73. The molecule has 2 aliphatic rings. The second-order valence-corrected chi connectivity index (χ2v) is 13.4. The fourth-order valence-electron chi connectivity index (χ4n) is 7.15. The van der Waals surface area contributed by atoms with E-state index in [1.165, 1.54) is 42.9 Å². The first-order valence-corrected chi connectivity index (χ1v) is 16.1. The fraction of sp³-hybridized carbons (Fsp3) is 0.0541. The van der Waals surface area contributed by atoms with Crippen LogP contribution >= 0.6 is 23.1 Å². The summed E-state index contributed by atoms with van der Waals surface area (Å²) >= 11 is 3.74. The van der Waals surface area contributed by atoms with Gasteiger partial charge in [-0.2, -0.15) is 0 Å². The van der Waals surface area contributed by atoms with Crippen molar-refractivity contribution < 1.29 is 0 Å². The summed E-state index contributed by atoms with van der Waals surface area (Å²) in [5.41, 5.74) is 10.7. The molecule has 2 unspecified atom stereocenters. The van der Waals surface area contributed by atoms with Gasteiger partial charge in [-0.05, 0) is 47.0 Å². The molecule has 0 bridgehead atoms. The smallest absolute Gasteiger partial charge is 0.235 e. The van der Waals surface area contributed by atoms with Gasteiger partial charge in [-0.25, -0.2) is 9.97 Å². The molecule has 10 rings (SSSR count). The summed E-state index contributed by atoms with van der Waals surface area (Å²) < 4.78 is 4.67. The SMILES string of the molecule is c1cncc(-c2nc(-n3c4c(c5ccccc53)-c3ccccc3C3Sc5ccccc5C43)nc3c2sc2ccccc23)c1. The molecule has 0 fully saturated rings. The van der Waals surface area contributed by atoms with E-state index in [4.69, 9.17) is 9.97 Å². The maximum atomic E-state index is 5.41. The molecular weight excluding hydrogens is 565 g/mol. The van der Waals surface area contributed by atoms with Crippen LogP contribution in [0.5, 0.6) is 0 Å². The van der Waals surface area contributed by atoms with E-state index in [0.29, 0.717) is 5.95 Å². The Morgan fingerprint density at radius 1 is 0.698 bits per heavy atom. The van der Waals surface area contributed by atoms with Gasteiger partial charge in [-0.3, -0.25) is 9.55 Å². The second kappa shape index (κ2) is 8.86. The van der Waals surface area contributed by atoms with Gasteiger partial charge in [0, 0.05) is 60.8 Å². The summed E-state index contributed by atoms with van der Waals surface area (Å²) in [5, 5.41) is 2.68. The van der Waals surface area contributed by atoms with E-state index >= 15 is 0 Å². The van der Waals surface area contributed by atoms with E-state index in [1.807, 2.05) is 30.2 Å². The van der Waals surface area contributed by atoms with Crippen LogP contribution in [0.25, 0.3) is 59.5 Å². The van der Waals surface area contributed by atoms with Gasteiger partial charge in [-0.15, -0.1) is 23.1 Å². The van der Waals surface area contributed by atoms with E-state index in [-0.39, 0.29) is 11.2 Å². The maximum absolute atomic E-state index is 5.41. The molecule has 0 radical (unpaired) electrons. The lowest BCUT2D eigenvalue weighted by Gasteiger charge is -2.30. The number of aromatic nitrogens is 4. The Morgan fingerprint density at radius 2 is 1.49 bits per heavy atom. The lowest BCUT2D eigenvalue weighted by atomic mass is 9.78. The standard InChI is InChI=1S/C37H22N4S2/c1-2-12-23-22(11-1)30-24-13-3-6-16-27(24)41(34(30)31-25-14-4-7-17-28(25)42-35(23)31)37-39-32(21-10-9-19-38-20-21)36-33(40-37)26-15-5-8-18-29(26)43-36/h1-20,31,35H. The molecule has 0 saturated carbocycles. The number of thiophene rings is 1. The number of fused-ring (bicyclic) bond motifs is 13. The zero-order valence-corrected chi connectivity index (χ0v) is 24.4. The van der Waals surface area contributed by atoms with Crippen molar-refractivity contribution in [1.29, 1.82) is 0 Å². The van der Waals surface area contributed by atoms with Crippen molar-refractivity contribution in [1.82, 2.24) is 19.5 Å². The average molecular weight is 587 g/mol. The van der Waals surface area contributed by atoms with Gasteiger partial charge in [0.05, 0.1) is 21.4 Å². The van der Waals surface area contributed by atoms with E-state index in [2.05, 4.69) is 113 Å². The van der Waals surface area contributed by atoms with E-state index in [0.717, 1.165) is 32.4 Å².